The summed E-state index contributed by atoms with van der Waals surface area (Å²) in [5.74, 6) is 0. The van der Waals surface area contributed by atoms with E-state index in [1.54, 1.807) is 0 Å². The highest BCUT2D eigenvalue weighted by molar-refractivity contribution is 5.51. The molecule has 46 valence electrons. The maximum absolute atomic E-state index is 9.49. The molecule has 0 aromatic carbocycles. The molecule has 0 aromatic rings. The van der Waals surface area contributed by atoms with Crippen LogP contribution in [0, 0.1) is 0 Å². The second kappa shape index (κ2) is 5.94. The molecule has 0 rings (SSSR count). The monoisotopic (exact) mass is 116 g/mol. The van der Waals surface area contributed by atoms with Crippen molar-refractivity contribution in [2.45, 2.75) is 6.92 Å². The number of hydrogen-bond acceptors (Lipinski definition) is 3. The molecule has 4 heteroatoms. The minimum absolute atomic E-state index is 0.468. The van der Waals surface area contributed by atoms with Gasteiger partial charge in [-0.2, -0.15) is 0 Å². The average molecular weight is 116 g/mol. The Kier molecular flexibility index (Phi) is 5.15. The molecule has 0 aliphatic carbocycles. The number of ether oxygens (including phenoxy) is 1. The fraction of sp³-hybridized carbons (Fsp3) is 0.500. The van der Waals surface area contributed by atoms with Crippen LogP contribution in [0.15, 0.2) is 5.10 Å². The first-order valence-corrected chi connectivity index (χ1v) is 2.24. The quantitative estimate of drug-likeness (QED) is 0.237. The van der Waals surface area contributed by atoms with Crippen LogP contribution in [0.4, 0.5) is 0 Å². The zero-order valence-corrected chi connectivity index (χ0v) is 4.63. The number of nitrogens with one attached hydrogen (secondary N) is 1. The van der Waals surface area contributed by atoms with Gasteiger partial charge in [-0.25, -0.2) is 5.43 Å². The van der Waals surface area contributed by atoms with E-state index in [9.17, 15) is 4.79 Å². The third kappa shape index (κ3) is 4.94. The molecule has 0 aromatic heterocycles. The topological polar surface area (TPSA) is 50.7 Å². The molecule has 0 unspecified atom stereocenters. The van der Waals surface area contributed by atoms with Crippen LogP contribution in [0.25, 0.3) is 0 Å². The first-order valence-electron chi connectivity index (χ1n) is 2.24. The van der Waals surface area contributed by atoms with Crippen LogP contribution in [0.1, 0.15) is 6.92 Å². The third-order valence-corrected chi connectivity index (χ3v) is 0.421. The molecule has 0 fully saturated rings. The Labute approximate surface area is 47.5 Å². The van der Waals surface area contributed by atoms with Crippen LogP contribution >= 0.6 is 0 Å². The van der Waals surface area contributed by atoms with E-state index in [0.29, 0.717) is 13.0 Å². The van der Waals surface area contributed by atoms with E-state index in [2.05, 4.69) is 9.84 Å². The van der Waals surface area contributed by atoms with Gasteiger partial charge in [0.05, 0.1) is 6.61 Å². The lowest BCUT2D eigenvalue weighted by Crippen LogP contribution is -2.01. The summed E-state index contributed by atoms with van der Waals surface area (Å²) in [4.78, 5) is 9.49. The van der Waals surface area contributed by atoms with E-state index in [1.165, 1.54) is 6.40 Å². The van der Waals surface area contributed by atoms with Gasteiger partial charge in [0, 0.05) is 0 Å². The van der Waals surface area contributed by atoms with E-state index >= 15 is 0 Å². The molecule has 8 heavy (non-hydrogen) atoms. The second-order valence-corrected chi connectivity index (χ2v) is 0.937. The molecule has 0 heterocycles. The number of carbonyl (C=O) groups is 1. The summed E-state index contributed by atoms with van der Waals surface area (Å²) in [5.41, 5.74) is 2.05. The van der Waals surface area contributed by atoms with Crippen LogP contribution in [0.3, 0.4) is 0 Å². The number of hydrogen-bond donors (Lipinski definition) is 1. The maximum Gasteiger partial charge on any atom is 0.227 e. The van der Waals surface area contributed by atoms with Crippen molar-refractivity contribution in [1.82, 2.24) is 5.43 Å². The van der Waals surface area contributed by atoms with Crippen LogP contribution in [-0.2, 0) is 9.53 Å². The summed E-state index contributed by atoms with van der Waals surface area (Å²) in [5, 5.41) is 3.31. The number of hydrazone groups is 1. The van der Waals surface area contributed by atoms with Crippen LogP contribution in [0.2, 0.25) is 0 Å². The summed E-state index contributed by atoms with van der Waals surface area (Å²) in [6.45, 7) is 2.39. The van der Waals surface area contributed by atoms with E-state index in [-0.39, 0.29) is 0 Å². The number of rotatable bonds is 4. The van der Waals surface area contributed by atoms with Gasteiger partial charge >= 0.3 is 0 Å². The molecule has 1 N–H and O–H groups in total. The van der Waals surface area contributed by atoms with E-state index in [4.69, 9.17) is 0 Å². The molecule has 0 radical (unpaired) electrons. The van der Waals surface area contributed by atoms with Crippen LogP contribution in [0.5, 0.6) is 0 Å². The van der Waals surface area contributed by atoms with Gasteiger partial charge in [0.15, 0.2) is 6.40 Å². The summed E-state index contributed by atoms with van der Waals surface area (Å²) < 4.78 is 4.62. The smallest absolute Gasteiger partial charge is 0.227 e. The molecular weight excluding hydrogens is 108 g/mol. The molecule has 0 spiro atoms. The van der Waals surface area contributed by atoms with Gasteiger partial charge in [0.2, 0.25) is 6.41 Å². The minimum Gasteiger partial charge on any atom is -0.482 e. The highest BCUT2D eigenvalue weighted by Gasteiger charge is 1.67. The van der Waals surface area contributed by atoms with Gasteiger partial charge in [-0.15, -0.1) is 5.10 Å². The lowest BCUT2D eigenvalue weighted by Gasteiger charge is -1.88. The largest absolute Gasteiger partial charge is 0.482 e. The Balaban J connectivity index is 2.94. The minimum atomic E-state index is 0.468. The van der Waals surface area contributed by atoms with Crippen LogP contribution in [-0.4, -0.2) is 19.4 Å². The summed E-state index contributed by atoms with van der Waals surface area (Å²) in [6.07, 6.45) is 1.64. The van der Waals surface area contributed by atoms with Gasteiger partial charge in [0.1, 0.15) is 0 Å². The van der Waals surface area contributed by atoms with E-state index in [0.717, 1.165) is 0 Å². The zero-order valence-electron chi connectivity index (χ0n) is 4.63. The van der Waals surface area contributed by atoms with Crippen molar-refractivity contribution in [3.05, 3.63) is 0 Å². The summed E-state index contributed by atoms with van der Waals surface area (Å²) in [6, 6.07) is 0. The summed E-state index contributed by atoms with van der Waals surface area (Å²) in [7, 11) is 0. The fourth-order valence-corrected chi connectivity index (χ4v) is 0.173. The predicted octanol–water partition coefficient (Wildman–Crippen LogP) is -0.288. The van der Waals surface area contributed by atoms with Crippen LogP contribution < -0.4 is 5.43 Å². The Morgan fingerprint density at radius 1 is 1.88 bits per heavy atom. The molecular formula is C4H8N2O2. The number of amides is 1. The predicted molar refractivity (Wildman–Crippen MR) is 29.3 cm³/mol. The van der Waals surface area contributed by atoms with Crippen molar-refractivity contribution in [3.63, 3.8) is 0 Å². The zero-order chi connectivity index (χ0) is 6.24. The fourth-order valence-electron chi connectivity index (χ4n) is 0.173. The van der Waals surface area contributed by atoms with Crippen molar-refractivity contribution in [2.75, 3.05) is 6.61 Å². The maximum atomic E-state index is 9.49. The molecule has 4 nitrogen and oxygen atoms in total. The first-order chi connectivity index (χ1) is 3.91. The standard InChI is InChI=1S/C4H8N2O2/c1-2-8-4-6-5-3-7/h3-4H,2H2,1H3,(H,5,7)/b6-4-. The lowest BCUT2D eigenvalue weighted by atomic mass is 10.9. The highest BCUT2D eigenvalue weighted by atomic mass is 16.5. The average Bonchev–Trinajstić information content (AvgIpc) is 1.81. The molecule has 0 aliphatic heterocycles. The van der Waals surface area contributed by atoms with E-state index in [1.807, 2.05) is 12.3 Å². The Morgan fingerprint density at radius 3 is 3.12 bits per heavy atom. The van der Waals surface area contributed by atoms with Crippen molar-refractivity contribution in [1.29, 1.82) is 0 Å². The first kappa shape index (κ1) is 6.94. The molecule has 0 aliphatic rings. The molecule has 0 bridgehead atoms. The van der Waals surface area contributed by atoms with Gasteiger partial charge < -0.3 is 4.74 Å². The van der Waals surface area contributed by atoms with Crippen molar-refractivity contribution >= 4 is 12.8 Å². The van der Waals surface area contributed by atoms with E-state index < -0.39 is 0 Å². The summed E-state index contributed by atoms with van der Waals surface area (Å²) >= 11 is 0. The SMILES string of the molecule is CCO/C=N\NC=O. The number of carbonyl (C=O) groups excluding carboxylic acids is 1. The van der Waals surface area contributed by atoms with Crippen molar-refractivity contribution in [2.24, 2.45) is 5.10 Å². The number of nitrogens with zero attached hydrogens (tertiary/aromatic N) is 1. The Hall–Kier alpha value is -1.06. The van der Waals surface area contributed by atoms with Gasteiger partial charge in [-0.1, -0.05) is 0 Å². The van der Waals surface area contributed by atoms with Gasteiger partial charge in [-0.05, 0) is 6.92 Å². The second-order valence-electron chi connectivity index (χ2n) is 0.937. The third-order valence-electron chi connectivity index (χ3n) is 0.421. The normalized spacial score (nSPS) is 9.12. The molecule has 0 saturated carbocycles. The van der Waals surface area contributed by atoms with Crippen molar-refractivity contribution in [3.8, 4) is 0 Å². The van der Waals surface area contributed by atoms with Gasteiger partial charge in [0.25, 0.3) is 0 Å². The lowest BCUT2D eigenvalue weighted by molar-refractivity contribution is -0.109. The van der Waals surface area contributed by atoms with Gasteiger partial charge in [-0.3, -0.25) is 4.79 Å². The Bertz CT molecular complexity index is 82.1. The van der Waals surface area contributed by atoms with Crippen molar-refractivity contribution < 1.29 is 9.53 Å². The molecule has 0 saturated heterocycles. The molecule has 0 atom stereocenters. The Morgan fingerprint density at radius 2 is 2.62 bits per heavy atom. The highest BCUT2D eigenvalue weighted by Crippen LogP contribution is 1.61. The molecule has 1 amide bonds.